The minimum atomic E-state index is -0.503. The highest BCUT2D eigenvalue weighted by Crippen LogP contribution is 2.29. The summed E-state index contributed by atoms with van der Waals surface area (Å²) in [5.41, 5.74) is 0.645. The summed E-state index contributed by atoms with van der Waals surface area (Å²) in [4.78, 5) is 23.6. The van der Waals surface area contributed by atoms with Gasteiger partial charge in [-0.1, -0.05) is 0 Å². The van der Waals surface area contributed by atoms with Crippen LogP contribution in [0.25, 0.3) is 0 Å². The van der Waals surface area contributed by atoms with E-state index in [1.54, 1.807) is 17.0 Å². The summed E-state index contributed by atoms with van der Waals surface area (Å²) < 4.78 is 0. The first-order valence-corrected chi connectivity index (χ1v) is 5.92. The molecule has 1 rings (SSSR count). The van der Waals surface area contributed by atoms with Crippen LogP contribution < -0.4 is 4.90 Å². The molecule has 0 N–H and O–H groups in total. The van der Waals surface area contributed by atoms with Crippen molar-refractivity contribution in [1.29, 1.82) is 5.26 Å². The molecule has 6 heteroatoms. The smallest absolute Gasteiger partial charge is 0.293 e. The summed E-state index contributed by atoms with van der Waals surface area (Å²) in [5.74, 6) is -0.213. The van der Waals surface area contributed by atoms with Gasteiger partial charge in [0.15, 0.2) is 5.78 Å². The Morgan fingerprint density at radius 3 is 2.68 bits per heavy atom. The Balaban J connectivity index is 3.22. The topological polar surface area (TPSA) is 87.2 Å². The van der Waals surface area contributed by atoms with Gasteiger partial charge in [-0.05, 0) is 26.0 Å². The number of hydrogen-bond acceptors (Lipinski definition) is 5. The number of nitrogens with zero attached hydrogens (tertiary/aromatic N) is 3. The molecular formula is C13H15N3O3. The first-order chi connectivity index (χ1) is 9.01. The number of ketones is 1. The largest absolute Gasteiger partial charge is 0.365 e. The van der Waals surface area contributed by atoms with E-state index >= 15 is 0 Å². The van der Waals surface area contributed by atoms with E-state index in [0.29, 0.717) is 30.8 Å². The highest BCUT2D eigenvalue weighted by molar-refractivity contribution is 5.95. The third kappa shape index (κ3) is 3.52. The molecule has 6 nitrogen and oxygen atoms in total. The zero-order chi connectivity index (χ0) is 14.4. The van der Waals surface area contributed by atoms with E-state index in [4.69, 9.17) is 5.26 Å². The average molecular weight is 261 g/mol. The van der Waals surface area contributed by atoms with Gasteiger partial charge in [0.1, 0.15) is 5.69 Å². The minimum Gasteiger partial charge on any atom is -0.365 e. The van der Waals surface area contributed by atoms with Crippen LogP contribution in [-0.4, -0.2) is 23.8 Å². The first kappa shape index (κ1) is 14.6. The van der Waals surface area contributed by atoms with Crippen molar-refractivity contribution in [2.24, 2.45) is 0 Å². The molecule has 1 aromatic carbocycles. The summed E-state index contributed by atoms with van der Waals surface area (Å²) in [5, 5.41) is 19.7. The zero-order valence-corrected chi connectivity index (χ0v) is 10.9. The molecule has 0 atom stereocenters. The zero-order valence-electron chi connectivity index (χ0n) is 10.9. The summed E-state index contributed by atoms with van der Waals surface area (Å²) in [6.07, 6.45) is 0.291. The molecule has 0 spiro atoms. The SMILES string of the molecule is CCN(CCC#N)c1ccc(C(C)=O)cc1[N+](=O)[O-]. The van der Waals surface area contributed by atoms with E-state index in [1.165, 1.54) is 13.0 Å². The Bertz CT molecular complexity index is 534. The van der Waals surface area contributed by atoms with Crippen LogP contribution in [0, 0.1) is 21.4 Å². The summed E-state index contributed by atoms with van der Waals surface area (Å²) in [6, 6.07) is 6.43. The van der Waals surface area contributed by atoms with E-state index < -0.39 is 4.92 Å². The fourth-order valence-corrected chi connectivity index (χ4v) is 1.79. The van der Waals surface area contributed by atoms with Gasteiger partial charge in [-0.15, -0.1) is 0 Å². The van der Waals surface area contributed by atoms with Crippen LogP contribution in [-0.2, 0) is 0 Å². The van der Waals surface area contributed by atoms with Crippen molar-refractivity contribution in [3.63, 3.8) is 0 Å². The predicted octanol–water partition coefficient (Wildman–Crippen LogP) is 2.54. The lowest BCUT2D eigenvalue weighted by molar-refractivity contribution is -0.384. The molecule has 0 radical (unpaired) electrons. The Labute approximate surface area is 111 Å². The van der Waals surface area contributed by atoms with Gasteiger partial charge in [0.2, 0.25) is 0 Å². The Morgan fingerprint density at radius 2 is 2.21 bits per heavy atom. The minimum absolute atomic E-state index is 0.104. The number of carbonyl (C=O) groups is 1. The molecule has 0 amide bonds. The molecule has 0 bridgehead atoms. The fraction of sp³-hybridized carbons (Fsp3) is 0.385. The van der Waals surface area contributed by atoms with Gasteiger partial charge in [0.05, 0.1) is 17.4 Å². The summed E-state index contributed by atoms with van der Waals surface area (Å²) in [7, 11) is 0. The third-order valence-corrected chi connectivity index (χ3v) is 2.79. The fourth-order valence-electron chi connectivity index (χ4n) is 1.79. The van der Waals surface area contributed by atoms with Gasteiger partial charge in [0.25, 0.3) is 5.69 Å². The monoisotopic (exact) mass is 261 g/mol. The van der Waals surface area contributed by atoms with Crippen molar-refractivity contribution in [3.8, 4) is 6.07 Å². The van der Waals surface area contributed by atoms with Gasteiger partial charge >= 0.3 is 0 Å². The van der Waals surface area contributed by atoms with Crippen LogP contribution >= 0.6 is 0 Å². The van der Waals surface area contributed by atoms with Crippen LogP contribution in [0.2, 0.25) is 0 Å². The normalized spacial score (nSPS) is 9.74. The van der Waals surface area contributed by atoms with Crippen molar-refractivity contribution >= 4 is 17.2 Å². The van der Waals surface area contributed by atoms with Gasteiger partial charge in [-0.25, -0.2) is 0 Å². The van der Waals surface area contributed by atoms with E-state index in [-0.39, 0.29) is 11.5 Å². The molecule has 0 aliphatic heterocycles. The van der Waals surface area contributed by atoms with Crippen LogP contribution in [0.15, 0.2) is 18.2 Å². The molecule has 0 saturated heterocycles. The summed E-state index contributed by atoms with van der Waals surface area (Å²) in [6.45, 7) is 4.21. The molecule has 100 valence electrons. The van der Waals surface area contributed by atoms with Crippen molar-refractivity contribution in [2.75, 3.05) is 18.0 Å². The van der Waals surface area contributed by atoms with Gasteiger partial charge in [-0.3, -0.25) is 14.9 Å². The number of nitro groups is 1. The third-order valence-electron chi connectivity index (χ3n) is 2.79. The van der Waals surface area contributed by atoms with Gasteiger partial charge in [0, 0.05) is 24.7 Å². The molecule has 0 fully saturated rings. The second kappa shape index (κ2) is 6.50. The van der Waals surface area contributed by atoms with Crippen LogP contribution in [0.5, 0.6) is 0 Å². The van der Waals surface area contributed by atoms with E-state index in [2.05, 4.69) is 0 Å². The van der Waals surface area contributed by atoms with Gasteiger partial charge < -0.3 is 4.90 Å². The molecule has 0 heterocycles. The number of carbonyl (C=O) groups excluding carboxylic acids is 1. The van der Waals surface area contributed by atoms with E-state index in [1.807, 2.05) is 13.0 Å². The lowest BCUT2D eigenvalue weighted by atomic mass is 10.1. The first-order valence-electron chi connectivity index (χ1n) is 5.92. The van der Waals surface area contributed by atoms with E-state index in [0.717, 1.165) is 0 Å². The Kier molecular flexibility index (Phi) is 5.01. The highest BCUT2D eigenvalue weighted by atomic mass is 16.6. The predicted molar refractivity (Wildman–Crippen MR) is 71.2 cm³/mol. The number of benzene rings is 1. The van der Waals surface area contributed by atoms with Crippen molar-refractivity contribution < 1.29 is 9.72 Å². The van der Waals surface area contributed by atoms with Crippen molar-refractivity contribution in [2.45, 2.75) is 20.3 Å². The molecular weight excluding hydrogens is 246 g/mol. The maximum absolute atomic E-state index is 11.3. The number of nitriles is 1. The molecule has 1 aromatic rings. The van der Waals surface area contributed by atoms with Crippen molar-refractivity contribution in [1.82, 2.24) is 0 Å². The molecule has 0 saturated carbocycles. The molecule has 0 unspecified atom stereocenters. The maximum Gasteiger partial charge on any atom is 0.293 e. The number of hydrogen-bond donors (Lipinski definition) is 0. The number of anilines is 1. The second-order valence-corrected chi connectivity index (χ2v) is 4.00. The maximum atomic E-state index is 11.3. The molecule has 0 aliphatic rings. The average Bonchev–Trinajstić information content (AvgIpc) is 2.39. The quantitative estimate of drug-likeness (QED) is 0.446. The highest BCUT2D eigenvalue weighted by Gasteiger charge is 2.20. The van der Waals surface area contributed by atoms with Gasteiger partial charge in [-0.2, -0.15) is 5.26 Å². The Hall–Kier alpha value is -2.42. The molecule has 19 heavy (non-hydrogen) atoms. The number of rotatable bonds is 6. The van der Waals surface area contributed by atoms with Crippen LogP contribution in [0.4, 0.5) is 11.4 Å². The number of Topliss-reactive ketones (excluding diaryl/α,β-unsaturated/α-hetero) is 1. The van der Waals surface area contributed by atoms with Crippen molar-refractivity contribution in [3.05, 3.63) is 33.9 Å². The molecule has 0 aliphatic carbocycles. The van der Waals surface area contributed by atoms with Crippen LogP contribution in [0.1, 0.15) is 30.6 Å². The standard InChI is InChI=1S/C13H15N3O3/c1-3-15(8-4-7-14)12-6-5-11(10(2)17)9-13(12)16(18)19/h5-6,9H,3-4,8H2,1-2H3. The number of nitro benzene ring substituents is 1. The van der Waals surface area contributed by atoms with Crippen LogP contribution in [0.3, 0.4) is 0 Å². The van der Waals surface area contributed by atoms with E-state index in [9.17, 15) is 14.9 Å². The lowest BCUT2D eigenvalue weighted by Gasteiger charge is -2.21. The second-order valence-electron chi connectivity index (χ2n) is 4.00. The summed E-state index contributed by atoms with van der Waals surface area (Å²) >= 11 is 0. The lowest BCUT2D eigenvalue weighted by Crippen LogP contribution is -2.24. The Morgan fingerprint density at radius 1 is 1.53 bits per heavy atom. The molecule has 0 aromatic heterocycles.